The van der Waals surface area contributed by atoms with Crippen LogP contribution in [0.25, 0.3) is 11.5 Å². The van der Waals surface area contributed by atoms with Gasteiger partial charge in [-0.3, -0.25) is 9.59 Å². The van der Waals surface area contributed by atoms with E-state index in [2.05, 4.69) is 57.5 Å². The van der Waals surface area contributed by atoms with Crippen LogP contribution in [0.1, 0.15) is 114 Å². The highest BCUT2D eigenvalue weighted by molar-refractivity contribution is 5.97. The molecule has 0 unspecified atom stereocenters. The first-order valence-corrected chi connectivity index (χ1v) is 13.9. The summed E-state index contributed by atoms with van der Waals surface area (Å²) in [6.07, 6.45) is 7.18. The van der Waals surface area contributed by atoms with Gasteiger partial charge in [0.25, 0.3) is 5.91 Å². The van der Waals surface area contributed by atoms with Crippen LogP contribution in [0.15, 0.2) is 12.1 Å². The zero-order valence-electron chi connectivity index (χ0n) is 23.6. The van der Waals surface area contributed by atoms with Gasteiger partial charge in [0, 0.05) is 29.1 Å². The molecule has 2 aromatic rings. The summed E-state index contributed by atoms with van der Waals surface area (Å²) in [5, 5.41) is 12.3. The smallest absolute Gasteiger partial charge is 0.306 e. The highest BCUT2D eigenvalue weighted by Gasteiger charge is 2.36. The lowest BCUT2D eigenvalue weighted by Crippen LogP contribution is -2.46. The lowest BCUT2D eigenvalue weighted by molar-refractivity contribution is -0.145. The maximum atomic E-state index is 13.4. The number of hydrogen-bond acceptors (Lipinski definition) is 4. The summed E-state index contributed by atoms with van der Waals surface area (Å²) >= 11 is 0. The van der Waals surface area contributed by atoms with Crippen LogP contribution in [0.3, 0.4) is 0 Å². The van der Waals surface area contributed by atoms with Gasteiger partial charge in [0.05, 0.1) is 28.6 Å². The summed E-state index contributed by atoms with van der Waals surface area (Å²) in [5.41, 5.74) is 4.15. The third kappa shape index (κ3) is 6.07. The summed E-state index contributed by atoms with van der Waals surface area (Å²) in [5.74, 6) is -0.0383. The van der Waals surface area contributed by atoms with E-state index in [1.165, 1.54) is 32.1 Å². The van der Waals surface area contributed by atoms with Crippen molar-refractivity contribution in [3.63, 3.8) is 0 Å². The third-order valence-electron chi connectivity index (χ3n) is 8.09. The summed E-state index contributed by atoms with van der Waals surface area (Å²) in [4.78, 5) is 34.7. The molecule has 0 bridgehead atoms. The Balaban J connectivity index is 1.75. The highest BCUT2D eigenvalue weighted by atomic mass is 16.4. The first-order chi connectivity index (χ1) is 17.2. The molecule has 0 radical (unpaired) electrons. The second kappa shape index (κ2) is 10.2. The fourth-order valence-electron chi connectivity index (χ4n) is 5.45. The number of carboxylic acid groups (broad SMARTS) is 1. The van der Waals surface area contributed by atoms with Gasteiger partial charge in [0.15, 0.2) is 5.82 Å². The maximum absolute atomic E-state index is 13.4. The molecule has 0 spiro atoms. The van der Waals surface area contributed by atoms with Crippen molar-refractivity contribution in [1.29, 1.82) is 0 Å². The van der Waals surface area contributed by atoms with Gasteiger partial charge < -0.3 is 15.0 Å². The Labute approximate surface area is 221 Å². The van der Waals surface area contributed by atoms with Gasteiger partial charge >= 0.3 is 5.97 Å². The quantitative estimate of drug-likeness (QED) is 0.497. The molecule has 2 fully saturated rings. The number of carbonyl (C=O) groups excluding carboxylic acids is 1. The van der Waals surface area contributed by atoms with E-state index in [0.717, 1.165) is 29.3 Å². The topological polar surface area (TPSA) is 97.1 Å². The number of hydrogen-bond donors (Lipinski definition) is 2. The number of nitrogens with zero attached hydrogens (tertiary/aromatic N) is 3. The molecule has 37 heavy (non-hydrogen) atoms. The molecule has 2 saturated carbocycles. The van der Waals surface area contributed by atoms with Crippen molar-refractivity contribution < 1.29 is 14.7 Å². The summed E-state index contributed by atoms with van der Waals surface area (Å²) in [7, 11) is 0. The van der Waals surface area contributed by atoms with E-state index < -0.39 is 5.97 Å². The second-order valence-electron chi connectivity index (χ2n) is 13.3. The van der Waals surface area contributed by atoms with Crippen LogP contribution in [0.2, 0.25) is 0 Å². The maximum Gasteiger partial charge on any atom is 0.306 e. The first-order valence-electron chi connectivity index (χ1n) is 13.9. The van der Waals surface area contributed by atoms with Gasteiger partial charge in [-0.1, -0.05) is 60.8 Å². The van der Waals surface area contributed by atoms with Crippen molar-refractivity contribution in [2.24, 2.45) is 11.8 Å². The average Bonchev–Trinajstić information content (AvgIpc) is 3.11. The number of aromatic nitrogens is 3. The van der Waals surface area contributed by atoms with E-state index in [1.807, 2.05) is 13.0 Å². The van der Waals surface area contributed by atoms with Crippen LogP contribution in [0.4, 0.5) is 0 Å². The van der Waals surface area contributed by atoms with Crippen molar-refractivity contribution in [3.05, 3.63) is 34.8 Å². The predicted octanol–water partition coefficient (Wildman–Crippen LogP) is 6.02. The fraction of sp³-hybridized carbons (Fsp3) is 0.667. The van der Waals surface area contributed by atoms with Crippen molar-refractivity contribution in [2.75, 3.05) is 0 Å². The molecule has 0 aromatic carbocycles. The predicted molar refractivity (Wildman–Crippen MR) is 146 cm³/mol. The molecule has 7 heteroatoms. The fourth-order valence-corrected chi connectivity index (χ4v) is 5.45. The Kier molecular flexibility index (Phi) is 7.55. The molecule has 7 nitrogen and oxygen atoms in total. The minimum absolute atomic E-state index is 0.0916. The van der Waals surface area contributed by atoms with Crippen LogP contribution >= 0.6 is 0 Å². The van der Waals surface area contributed by atoms with Crippen molar-refractivity contribution >= 4 is 11.9 Å². The summed E-state index contributed by atoms with van der Waals surface area (Å²) in [6, 6.07) is 3.98. The lowest BCUT2D eigenvalue weighted by atomic mass is 9.80. The van der Waals surface area contributed by atoms with Crippen LogP contribution in [0, 0.1) is 18.8 Å². The molecule has 0 atom stereocenters. The minimum atomic E-state index is -0.784. The standard InChI is InChI=1S/C30H44N4O3/c1-18-22(27(35)31-21-13-20(14-21)28(36)37)15-23(34(18)17-19-11-9-8-10-12-19)26-32-24(29(2,3)4)16-25(33-26)30(5,6)7/h15-16,19-21H,8-14,17H2,1-7H3,(H,31,35)(H,36,37). The van der Waals surface area contributed by atoms with Gasteiger partial charge in [0.1, 0.15) is 0 Å². The number of amides is 1. The molecular weight excluding hydrogens is 464 g/mol. The number of aliphatic carboxylic acids is 1. The third-order valence-corrected chi connectivity index (χ3v) is 8.09. The number of carbonyl (C=O) groups is 2. The lowest BCUT2D eigenvalue weighted by Gasteiger charge is -2.32. The van der Waals surface area contributed by atoms with Crippen LogP contribution in [-0.2, 0) is 22.2 Å². The van der Waals surface area contributed by atoms with Gasteiger partial charge in [0.2, 0.25) is 0 Å². The van der Waals surface area contributed by atoms with Crippen LogP contribution in [0.5, 0.6) is 0 Å². The minimum Gasteiger partial charge on any atom is -0.481 e. The summed E-state index contributed by atoms with van der Waals surface area (Å²) in [6.45, 7) is 15.9. The number of rotatable bonds is 6. The van der Waals surface area contributed by atoms with Crippen molar-refractivity contribution in [1.82, 2.24) is 19.9 Å². The molecule has 4 rings (SSSR count). The highest BCUT2D eigenvalue weighted by Crippen LogP contribution is 2.34. The Bertz CT molecular complexity index is 1120. The molecule has 2 heterocycles. The molecule has 1 amide bonds. The van der Waals surface area contributed by atoms with Crippen molar-refractivity contribution in [2.45, 2.75) is 117 Å². The van der Waals surface area contributed by atoms with Gasteiger partial charge in [-0.25, -0.2) is 9.97 Å². The molecule has 2 N–H and O–H groups in total. The molecule has 0 aliphatic heterocycles. The van der Waals surface area contributed by atoms with E-state index in [1.54, 1.807) is 0 Å². The van der Waals surface area contributed by atoms with E-state index in [4.69, 9.17) is 9.97 Å². The number of carboxylic acids is 1. The zero-order chi connectivity index (χ0) is 27.1. The van der Waals surface area contributed by atoms with E-state index in [0.29, 0.717) is 30.1 Å². The largest absolute Gasteiger partial charge is 0.481 e. The molecule has 2 aromatic heterocycles. The van der Waals surface area contributed by atoms with Gasteiger partial charge in [-0.15, -0.1) is 0 Å². The van der Waals surface area contributed by atoms with E-state index in [-0.39, 0.29) is 28.7 Å². The monoisotopic (exact) mass is 508 g/mol. The Morgan fingerprint density at radius 2 is 1.54 bits per heavy atom. The zero-order valence-corrected chi connectivity index (χ0v) is 23.6. The Morgan fingerprint density at radius 1 is 0.973 bits per heavy atom. The molecule has 2 aliphatic rings. The van der Waals surface area contributed by atoms with E-state index in [9.17, 15) is 14.7 Å². The second-order valence-corrected chi connectivity index (χ2v) is 13.3. The molecular formula is C30H44N4O3. The normalized spacial score (nSPS) is 20.9. The Morgan fingerprint density at radius 3 is 2.05 bits per heavy atom. The molecule has 0 saturated heterocycles. The van der Waals surface area contributed by atoms with E-state index >= 15 is 0 Å². The SMILES string of the molecule is Cc1c(C(=O)NC2CC(C(=O)O)C2)cc(-c2nc(C(C)(C)C)cc(C(C)(C)C)n2)n1CC1CCCCC1. The van der Waals surface area contributed by atoms with Crippen LogP contribution < -0.4 is 5.32 Å². The average molecular weight is 509 g/mol. The van der Waals surface area contributed by atoms with Gasteiger partial charge in [-0.2, -0.15) is 0 Å². The Hall–Kier alpha value is -2.70. The van der Waals surface area contributed by atoms with Gasteiger partial charge in [-0.05, 0) is 50.7 Å². The first kappa shape index (κ1) is 27.3. The number of nitrogens with one attached hydrogen (secondary N) is 1. The van der Waals surface area contributed by atoms with Crippen LogP contribution in [-0.4, -0.2) is 37.6 Å². The molecule has 202 valence electrons. The summed E-state index contributed by atoms with van der Waals surface area (Å²) < 4.78 is 2.26. The van der Waals surface area contributed by atoms with Crippen molar-refractivity contribution in [3.8, 4) is 11.5 Å². The molecule has 2 aliphatic carbocycles.